The van der Waals surface area contributed by atoms with E-state index in [9.17, 15) is 22.7 Å². The zero-order valence-corrected chi connectivity index (χ0v) is 24.1. The van der Waals surface area contributed by atoms with E-state index in [-0.39, 0.29) is 33.8 Å². The van der Waals surface area contributed by atoms with E-state index in [4.69, 9.17) is 34.2 Å². The Balaban J connectivity index is 1.17. The van der Waals surface area contributed by atoms with Crippen molar-refractivity contribution in [1.29, 1.82) is 0 Å². The van der Waals surface area contributed by atoms with Crippen LogP contribution < -0.4 is 26.6 Å². The average molecular weight is 676 g/mol. The van der Waals surface area contributed by atoms with Crippen molar-refractivity contribution < 1.29 is 49.4 Å². The highest BCUT2D eigenvalue weighted by Gasteiger charge is 2.53. The molecular weight excluding hydrogens is 653 g/mol. The lowest BCUT2D eigenvalue weighted by Crippen LogP contribution is -2.45. The molecule has 0 spiro atoms. The quantitative estimate of drug-likeness (QED) is 0.172. The van der Waals surface area contributed by atoms with Gasteiger partial charge in [0.15, 0.2) is 41.8 Å². The lowest BCUT2D eigenvalue weighted by atomic mass is 10.1. The van der Waals surface area contributed by atoms with Gasteiger partial charge in [0, 0.05) is 12.6 Å². The van der Waals surface area contributed by atoms with Crippen LogP contribution in [0.4, 0.5) is 20.4 Å². The number of nitrogen functional groups attached to an aromatic ring is 2. The zero-order valence-electron chi connectivity index (χ0n) is 22.4. The van der Waals surface area contributed by atoms with Crippen molar-refractivity contribution in [2.45, 2.75) is 49.2 Å². The van der Waals surface area contributed by atoms with E-state index >= 15 is 8.78 Å². The maximum atomic E-state index is 15.9. The summed E-state index contributed by atoms with van der Waals surface area (Å²) in [7, 11) is -10.2. The van der Waals surface area contributed by atoms with Gasteiger partial charge in [0.2, 0.25) is 0 Å². The van der Waals surface area contributed by atoms with Crippen LogP contribution in [0.15, 0.2) is 29.8 Å². The number of hydrogen-bond donors (Lipinski definition) is 4. The van der Waals surface area contributed by atoms with Crippen molar-refractivity contribution in [3.63, 3.8) is 0 Å². The fourth-order valence-electron chi connectivity index (χ4n) is 5.41. The van der Waals surface area contributed by atoms with E-state index in [0.717, 1.165) is 28.1 Å². The fourth-order valence-corrected chi connectivity index (χ4v) is 7.30. The monoisotopic (exact) mass is 675 g/mol. The van der Waals surface area contributed by atoms with Crippen molar-refractivity contribution in [2.24, 2.45) is 0 Å². The number of ether oxygens (including phenoxy) is 2. The molecule has 7 rings (SSSR count). The molecule has 0 bridgehead atoms. The minimum absolute atomic E-state index is 0.0162. The van der Waals surface area contributed by atoms with Crippen molar-refractivity contribution in [2.75, 3.05) is 24.6 Å². The van der Waals surface area contributed by atoms with E-state index in [0.29, 0.717) is 0 Å². The van der Waals surface area contributed by atoms with Gasteiger partial charge in [-0.15, -0.1) is 0 Å². The number of nitrogens with two attached hydrogens (primary N) is 2. The van der Waals surface area contributed by atoms with Crippen molar-refractivity contribution in [3.05, 3.63) is 35.4 Å². The summed E-state index contributed by atoms with van der Waals surface area (Å²) >= 11 is 0. The number of halogens is 2. The van der Waals surface area contributed by atoms with Crippen LogP contribution in [0.25, 0.3) is 22.2 Å². The lowest BCUT2D eigenvalue weighted by Gasteiger charge is -2.31. The molecule has 7 heterocycles. The van der Waals surface area contributed by atoms with E-state index in [1.165, 1.54) is 6.07 Å². The molecule has 0 aliphatic carbocycles. The number of H-pyrrole nitrogens is 1. The summed E-state index contributed by atoms with van der Waals surface area (Å²) in [6.07, 6.45) is -11.6. The molecule has 3 saturated heterocycles. The number of aromatic nitrogens is 7. The Labute approximate surface area is 249 Å². The number of hydrogen-bond acceptors (Lipinski definition) is 16. The number of phosphoric ester groups is 1. The minimum atomic E-state index is -5.40. The molecule has 3 fully saturated rings. The fraction of sp³-hybridized carbons (Fsp3) is 0.476. The Morgan fingerprint density at radius 2 is 1.69 bits per heavy atom. The van der Waals surface area contributed by atoms with Crippen molar-refractivity contribution >= 4 is 52.0 Å². The SMILES string of the molecule is Nc1cc2c(ncn2[C@@H]2O[C@@H]3COP(=O)([O-])O[C@H]4[C@@H](F)[C@H](n5cnc6c(N)ncnc65)O[C@@H]4CNS(=O)(=O)O[C@H]3[C@@H]2F)c(=O)[nH]1. The predicted octanol–water partition coefficient (Wildman–Crippen LogP) is -1.70. The molecule has 1 unspecified atom stereocenters. The molecule has 0 aromatic carbocycles. The number of anilines is 2. The third-order valence-electron chi connectivity index (χ3n) is 7.41. The van der Waals surface area contributed by atoms with Crippen LogP contribution in [0, 0.1) is 0 Å². The normalized spacial score (nSPS) is 35.5. The number of phosphoric acid groups is 1. The standard InChI is InChI=1S/C21H23F2N10O10PS/c22-11-15-8(40-21(11)33-6-29-14-17(25)26-4-27-18(14)33)2-30-45(37,38)43-16-9(3-39-44(35,36)42-15)41-20(12(16)23)32-5-28-13-7(32)1-10(24)31-19(13)34/h1,4-6,8-9,11-12,15-16,20-21,30H,2-3H2,(H,35,36)(H3,24,31,34)(H2,25,26,27)/p-1/t8-,9-,11-,12+,15-,16-,20-,21-/m1/s1. The van der Waals surface area contributed by atoms with Crippen LogP contribution in [0.2, 0.25) is 0 Å². The second kappa shape index (κ2) is 10.7. The molecule has 4 aromatic rings. The highest BCUT2D eigenvalue weighted by Crippen LogP contribution is 2.48. The zero-order chi connectivity index (χ0) is 31.8. The number of nitrogens with one attached hydrogen (secondary N) is 2. The van der Waals surface area contributed by atoms with Gasteiger partial charge < -0.3 is 44.4 Å². The Kier molecular flexibility index (Phi) is 7.14. The molecule has 24 heteroatoms. The highest BCUT2D eigenvalue weighted by molar-refractivity contribution is 7.84. The van der Waals surface area contributed by atoms with Crippen LogP contribution in [0.1, 0.15) is 12.5 Å². The Morgan fingerprint density at radius 1 is 1.00 bits per heavy atom. The molecule has 45 heavy (non-hydrogen) atoms. The number of alkyl halides is 2. The molecule has 4 aromatic heterocycles. The Bertz CT molecular complexity index is 2010. The molecule has 0 radical (unpaired) electrons. The Morgan fingerprint density at radius 3 is 2.49 bits per heavy atom. The van der Waals surface area contributed by atoms with Gasteiger partial charge >= 0.3 is 10.3 Å². The first kappa shape index (κ1) is 30.0. The smallest absolute Gasteiger partial charge is 0.336 e. The van der Waals surface area contributed by atoms with Gasteiger partial charge in [-0.25, -0.2) is 32.9 Å². The lowest BCUT2D eigenvalue weighted by molar-refractivity contribution is -0.235. The maximum absolute atomic E-state index is 15.9. The number of aromatic amines is 1. The van der Waals surface area contributed by atoms with Crippen LogP contribution in [-0.2, 0) is 37.6 Å². The second-order valence-corrected chi connectivity index (χ2v) is 13.0. The highest BCUT2D eigenvalue weighted by atomic mass is 32.2. The third kappa shape index (κ3) is 5.24. The van der Waals surface area contributed by atoms with E-state index < -0.39 is 86.1 Å². The number of rotatable bonds is 2. The molecular formula is C21H22F2N10O10PS-. The van der Waals surface area contributed by atoms with Crippen LogP contribution in [-0.4, -0.2) is 92.4 Å². The van der Waals surface area contributed by atoms with Crippen LogP contribution >= 0.6 is 7.82 Å². The Hall–Kier alpha value is -3.67. The summed E-state index contributed by atoms with van der Waals surface area (Å²) in [6, 6.07) is 1.27. The first-order valence-corrected chi connectivity index (χ1v) is 15.9. The first-order chi connectivity index (χ1) is 21.3. The molecule has 9 atom stereocenters. The number of imidazole rings is 2. The second-order valence-electron chi connectivity index (χ2n) is 10.2. The molecule has 242 valence electrons. The van der Waals surface area contributed by atoms with Gasteiger partial charge in [0.25, 0.3) is 13.4 Å². The van der Waals surface area contributed by atoms with Gasteiger partial charge in [-0.05, 0) is 0 Å². The van der Waals surface area contributed by atoms with Gasteiger partial charge in [-0.2, -0.15) is 13.1 Å². The summed E-state index contributed by atoms with van der Waals surface area (Å²) < 4.78 is 101. The maximum Gasteiger partial charge on any atom is 0.336 e. The summed E-state index contributed by atoms with van der Waals surface area (Å²) in [5.41, 5.74) is 10.9. The predicted molar refractivity (Wildman–Crippen MR) is 142 cm³/mol. The van der Waals surface area contributed by atoms with Crippen molar-refractivity contribution in [3.8, 4) is 0 Å². The minimum Gasteiger partial charge on any atom is -0.756 e. The average Bonchev–Trinajstić information content (AvgIpc) is 3.72. The number of fused-ring (bicyclic) bond motifs is 4. The first-order valence-electron chi connectivity index (χ1n) is 13.0. The number of pyridine rings is 1. The molecule has 3 aliphatic heterocycles. The van der Waals surface area contributed by atoms with Crippen molar-refractivity contribution in [1.82, 2.24) is 38.8 Å². The summed E-state index contributed by atoms with van der Waals surface area (Å²) in [4.78, 5) is 43.2. The molecule has 6 N–H and O–H groups in total. The summed E-state index contributed by atoms with van der Waals surface area (Å²) in [5.74, 6) is -0.0952. The largest absolute Gasteiger partial charge is 0.756 e. The van der Waals surface area contributed by atoms with Gasteiger partial charge in [-0.3, -0.25) is 13.9 Å². The van der Waals surface area contributed by atoms with Gasteiger partial charge in [0.05, 0.1) is 24.8 Å². The van der Waals surface area contributed by atoms with Crippen LogP contribution in [0.3, 0.4) is 0 Å². The van der Waals surface area contributed by atoms with E-state index in [2.05, 4.69) is 24.9 Å². The van der Waals surface area contributed by atoms with E-state index in [1.807, 2.05) is 4.72 Å². The van der Waals surface area contributed by atoms with Crippen LogP contribution in [0.5, 0.6) is 0 Å². The van der Waals surface area contributed by atoms with Gasteiger partial charge in [0.1, 0.15) is 42.1 Å². The molecule has 0 saturated carbocycles. The molecule has 0 amide bonds. The summed E-state index contributed by atoms with van der Waals surface area (Å²) in [6.45, 7) is -1.78. The number of nitrogens with zero attached hydrogens (tertiary/aromatic N) is 6. The molecule has 20 nitrogen and oxygen atoms in total. The van der Waals surface area contributed by atoms with E-state index in [1.54, 1.807) is 0 Å². The topological polar surface area (TPSA) is 279 Å². The molecule has 3 aliphatic rings. The third-order valence-corrected chi connectivity index (χ3v) is 9.38. The summed E-state index contributed by atoms with van der Waals surface area (Å²) in [5, 5.41) is 0. The van der Waals surface area contributed by atoms with Gasteiger partial charge in [-0.1, -0.05) is 0 Å².